The maximum absolute atomic E-state index is 13.5. The molecule has 142 valence electrons. The minimum absolute atomic E-state index is 0.0294. The number of nitrogens with zero attached hydrogens (tertiary/aromatic N) is 3. The number of aromatic nitrogens is 1. The first-order valence-corrected chi connectivity index (χ1v) is 8.40. The molecule has 0 amide bonds. The average Bonchev–Trinajstić information content (AvgIpc) is 3.07. The summed E-state index contributed by atoms with van der Waals surface area (Å²) in [7, 11) is 0. The molecule has 2 atom stereocenters. The minimum atomic E-state index is -4.60. The van der Waals surface area contributed by atoms with Gasteiger partial charge in [-0.25, -0.2) is 0 Å². The number of halogens is 4. The first-order valence-electron chi connectivity index (χ1n) is 8.02. The van der Waals surface area contributed by atoms with Crippen molar-refractivity contribution in [1.82, 2.24) is 4.98 Å². The van der Waals surface area contributed by atoms with Gasteiger partial charge in [-0.05, 0) is 36.8 Å². The van der Waals surface area contributed by atoms with Crippen LogP contribution in [0.4, 0.5) is 18.9 Å². The number of ether oxygens (including phenoxy) is 2. The molecule has 5 nitrogen and oxygen atoms in total. The smallest absolute Gasteiger partial charge is 0.433 e. The molecule has 2 heterocycles. The van der Waals surface area contributed by atoms with Crippen molar-refractivity contribution in [3.63, 3.8) is 0 Å². The van der Waals surface area contributed by atoms with E-state index in [9.17, 15) is 13.2 Å². The summed E-state index contributed by atoms with van der Waals surface area (Å²) in [6.07, 6.45) is -4.46. The number of benzene rings is 1. The van der Waals surface area contributed by atoms with Crippen molar-refractivity contribution in [1.29, 1.82) is 5.26 Å². The zero-order valence-corrected chi connectivity index (χ0v) is 15.0. The first-order chi connectivity index (χ1) is 12.8. The molecule has 9 heteroatoms. The first kappa shape index (κ1) is 19.3. The monoisotopic (exact) mass is 397 g/mol. The Labute approximate surface area is 158 Å². The molecule has 1 aromatic carbocycles. The van der Waals surface area contributed by atoms with Crippen molar-refractivity contribution in [2.45, 2.75) is 25.4 Å². The third kappa shape index (κ3) is 4.10. The fourth-order valence-electron chi connectivity index (χ4n) is 2.88. The third-order valence-electron chi connectivity index (χ3n) is 4.16. The molecule has 0 aliphatic carbocycles. The topological polar surface area (TPSA) is 58.4 Å². The zero-order chi connectivity index (χ0) is 19.6. The Morgan fingerprint density at radius 2 is 2.04 bits per heavy atom. The second-order valence-electron chi connectivity index (χ2n) is 5.98. The minimum Gasteiger partial charge on any atom is -0.491 e. The van der Waals surface area contributed by atoms with Gasteiger partial charge in [-0.3, -0.25) is 4.98 Å². The molecule has 0 saturated carbocycles. The molecule has 1 aliphatic rings. The maximum atomic E-state index is 13.5. The molecule has 2 aromatic rings. The van der Waals surface area contributed by atoms with Crippen molar-refractivity contribution >= 4 is 17.3 Å². The van der Waals surface area contributed by atoms with Gasteiger partial charge in [0.15, 0.2) is 0 Å². The van der Waals surface area contributed by atoms with E-state index in [0.29, 0.717) is 11.3 Å². The predicted molar refractivity (Wildman–Crippen MR) is 92.7 cm³/mol. The highest BCUT2D eigenvalue weighted by atomic mass is 35.5. The fourth-order valence-corrected chi connectivity index (χ4v) is 3.08. The summed E-state index contributed by atoms with van der Waals surface area (Å²) in [6.45, 7) is 1.50. The van der Waals surface area contributed by atoms with E-state index in [0.717, 1.165) is 4.90 Å². The molecule has 1 saturated heterocycles. The summed E-state index contributed by atoms with van der Waals surface area (Å²) in [5.41, 5.74) is 0.871. The molecular weight excluding hydrogens is 383 g/mol. The number of anilines is 1. The highest BCUT2D eigenvalue weighted by molar-refractivity contribution is 6.32. The van der Waals surface area contributed by atoms with Gasteiger partial charge in [-0.15, -0.1) is 0 Å². The molecule has 27 heavy (non-hydrogen) atoms. The Morgan fingerprint density at radius 1 is 1.33 bits per heavy atom. The van der Waals surface area contributed by atoms with Crippen LogP contribution in [0.1, 0.15) is 11.1 Å². The average molecular weight is 398 g/mol. The number of alkyl halides is 3. The van der Waals surface area contributed by atoms with E-state index in [-0.39, 0.29) is 29.4 Å². The van der Waals surface area contributed by atoms with Gasteiger partial charge in [0.25, 0.3) is 0 Å². The van der Waals surface area contributed by atoms with Crippen molar-refractivity contribution < 1.29 is 22.6 Å². The van der Waals surface area contributed by atoms with E-state index < -0.39 is 18.5 Å². The highest BCUT2D eigenvalue weighted by Gasteiger charge is 2.51. The van der Waals surface area contributed by atoms with Gasteiger partial charge in [0.2, 0.25) is 6.23 Å². The molecular formula is C18H15ClF3N3O2. The molecule has 0 N–H and O–H groups in total. The van der Waals surface area contributed by atoms with Gasteiger partial charge in [-0.2, -0.15) is 18.4 Å². The van der Waals surface area contributed by atoms with Crippen LogP contribution in [0.3, 0.4) is 0 Å². The summed E-state index contributed by atoms with van der Waals surface area (Å²) in [6, 6.07) is 7.99. The number of hydrogen-bond acceptors (Lipinski definition) is 5. The van der Waals surface area contributed by atoms with E-state index in [1.165, 1.54) is 24.5 Å². The molecule has 3 rings (SSSR count). The van der Waals surface area contributed by atoms with E-state index in [1.54, 1.807) is 19.1 Å². The quantitative estimate of drug-likeness (QED) is 0.777. The van der Waals surface area contributed by atoms with Gasteiger partial charge in [0.05, 0.1) is 17.1 Å². The van der Waals surface area contributed by atoms with Crippen LogP contribution in [0.15, 0.2) is 36.7 Å². The lowest BCUT2D eigenvalue weighted by Gasteiger charge is -2.28. The largest absolute Gasteiger partial charge is 0.491 e. The molecule has 0 bridgehead atoms. The van der Waals surface area contributed by atoms with E-state index in [1.807, 2.05) is 6.07 Å². The third-order valence-corrected chi connectivity index (χ3v) is 4.65. The van der Waals surface area contributed by atoms with Crippen molar-refractivity contribution in [2.24, 2.45) is 0 Å². The summed E-state index contributed by atoms with van der Waals surface area (Å²) in [5, 5.41) is 9.16. The van der Waals surface area contributed by atoms with Crippen molar-refractivity contribution in [3.05, 3.63) is 52.8 Å². The molecule has 1 fully saturated rings. The summed E-state index contributed by atoms with van der Waals surface area (Å²) >= 11 is 6.11. The van der Waals surface area contributed by atoms with Gasteiger partial charge < -0.3 is 14.4 Å². The number of pyridine rings is 1. The standard InChI is InChI=1S/C18H15ClF3N3O2/c1-11-15(3-2-12(8-23)16(11)19)25-9-14(27-17(25)18(20,21)22)10-26-13-4-6-24-7-5-13/h2-7,14,17H,9-10H2,1H3/t14-,17+/m0/s1. The number of hydrogen-bond donors (Lipinski definition) is 0. The van der Waals surface area contributed by atoms with Gasteiger partial charge in [0.1, 0.15) is 24.5 Å². The second-order valence-corrected chi connectivity index (χ2v) is 6.36. The highest BCUT2D eigenvalue weighted by Crippen LogP contribution is 2.38. The lowest BCUT2D eigenvalue weighted by Crippen LogP contribution is -2.42. The van der Waals surface area contributed by atoms with E-state index in [4.69, 9.17) is 26.3 Å². The van der Waals surface area contributed by atoms with Crippen LogP contribution in [-0.2, 0) is 4.74 Å². The van der Waals surface area contributed by atoms with Crippen LogP contribution in [-0.4, -0.2) is 36.6 Å². The maximum Gasteiger partial charge on any atom is 0.433 e. The molecule has 0 radical (unpaired) electrons. The fraction of sp³-hybridized carbons (Fsp3) is 0.333. The molecule has 1 aromatic heterocycles. The Bertz CT molecular complexity index is 855. The predicted octanol–water partition coefficient (Wildman–Crippen LogP) is 4.09. The van der Waals surface area contributed by atoms with Crippen molar-refractivity contribution in [3.8, 4) is 11.8 Å². The van der Waals surface area contributed by atoms with Crippen LogP contribution >= 0.6 is 11.6 Å². The van der Waals surface area contributed by atoms with Crippen LogP contribution in [0.5, 0.6) is 5.75 Å². The summed E-state index contributed by atoms with van der Waals surface area (Å²) in [5.74, 6) is 0.494. The van der Waals surface area contributed by atoms with Crippen LogP contribution < -0.4 is 9.64 Å². The van der Waals surface area contributed by atoms with Crippen LogP contribution in [0, 0.1) is 18.3 Å². The van der Waals surface area contributed by atoms with Crippen molar-refractivity contribution in [2.75, 3.05) is 18.1 Å². The van der Waals surface area contributed by atoms with E-state index in [2.05, 4.69) is 4.98 Å². The zero-order valence-electron chi connectivity index (χ0n) is 14.2. The van der Waals surface area contributed by atoms with Gasteiger partial charge in [-0.1, -0.05) is 11.6 Å². The Hall–Kier alpha value is -2.50. The Kier molecular flexibility index (Phi) is 5.44. The normalized spacial score (nSPS) is 19.8. The molecule has 0 unspecified atom stereocenters. The van der Waals surface area contributed by atoms with Gasteiger partial charge in [0, 0.05) is 18.1 Å². The summed E-state index contributed by atoms with van der Waals surface area (Å²) < 4.78 is 51.2. The number of rotatable bonds is 4. The second kappa shape index (κ2) is 7.62. The molecule has 0 spiro atoms. The SMILES string of the molecule is Cc1c(N2C[C@@H](COc3ccncc3)O[C@@H]2C(F)(F)F)ccc(C#N)c1Cl. The summed E-state index contributed by atoms with van der Waals surface area (Å²) in [4.78, 5) is 4.95. The molecule has 1 aliphatic heterocycles. The Morgan fingerprint density at radius 3 is 2.67 bits per heavy atom. The lowest BCUT2D eigenvalue weighted by molar-refractivity contribution is -0.215. The van der Waals surface area contributed by atoms with Crippen LogP contribution in [0.25, 0.3) is 0 Å². The lowest BCUT2D eigenvalue weighted by atomic mass is 10.1. The van der Waals surface area contributed by atoms with Crippen LogP contribution in [0.2, 0.25) is 5.02 Å². The number of nitriles is 1. The van der Waals surface area contributed by atoms with Gasteiger partial charge >= 0.3 is 6.18 Å². The Balaban J connectivity index is 1.83. The van der Waals surface area contributed by atoms with E-state index >= 15 is 0 Å².